The fourth-order valence-electron chi connectivity index (χ4n) is 11.4. The Hall–Kier alpha value is -8.99. The molecule has 14 rings (SSSR count). The van der Waals surface area contributed by atoms with Gasteiger partial charge in [0.1, 0.15) is 0 Å². The highest BCUT2D eigenvalue weighted by Gasteiger charge is 2.51. The highest BCUT2D eigenvalue weighted by Crippen LogP contribution is 2.63. The standard InChI is InChI=1S/C64H40N4/c1-3-18-41(19-4-1)43-22-17-23-46(38-43)62-65-61(42-20-5-2-6-21-42)66-63(67-62)53-28-11-16-33-59(53)68-58-32-15-10-27-51(58)52-37-35-45(40-60(52)68)44-34-36-50-49-26-9-14-31-56(49)64(57(50)39-44)54-29-12-7-24-47(54)48-25-8-13-30-55(48)64/h1-40H. The Labute approximate surface area is 394 Å². The highest BCUT2D eigenvalue weighted by atomic mass is 15.1. The molecular weight excluding hydrogens is 825 g/mol. The summed E-state index contributed by atoms with van der Waals surface area (Å²) in [5.41, 5.74) is 20.7. The average molecular weight is 865 g/mol. The highest BCUT2D eigenvalue weighted by molar-refractivity contribution is 6.11. The first-order chi connectivity index (χ1) is 33.7. The largest absolute Gasteiger partial charge is 0.308 e. The van der Waals surface area contributed by atoms with E-state index in [1.807, 2.05) is 24.3 Å². The Bertz CT molecular complexity index is 3920. The molecular formula is C64H40N4. The molecule has 0 unspecified atom stereocenters. The third-order valence-corrected chi connectivity index (χ3v) is 14.3. The number of nitrogens with zero attached hydrogens (tertiary/aromatic N) is 4. The maximum absolute atomic E-state index is 5.31. The van der Waals surface area contributed by atoms with E-state index in [1.165, 1.54) is 60.8 Å². The first-order valence-corrected chi connectivity index (χ1v) is 23.3. The Morgan fingerprint density at radius 3 is 1.44 bits per heavy atom. The molecule has 2 aliphatic carbocycles. The van der Waals surface area contributed by atoms with Gasteiger partial charge in [0.2, 0.25) is 0 Å². The van der Waals surface area contributed by atoms with Gasteiger partial charge in [0.05, 0.1) is 22.1 Å². The lowest BCUT2D eigenvalue weighted by Gasteiger charge is -2.30. The van der Waals surface area contributed by atoms with Crippen molar-refractivity contribution in [2.24, 2.45) is 0 Å². The van der Waals surface area contributed by atoms with Gasteiger partial charge in [0.15, 0.2) is 17.5 Å². The smallest absolute Gasteiger partial charge is 0.166 e. The minimum Gasteiger partial charge on any atom is -0.308 e. The topological polar surface area (TPSA) is 43.6 Å². The van der Waals surface area contributed by atoms with Crippen molar-refractivity contribution in [1.29, 1.82) is 0 Å². The molecule has 4 heteroatoms. The second-order valence-electron chi connectivity index (χ2n) is 17.9. The lowest BCUT2D eigenvalue weighted by Crippen LogP contribution is -2.25. The van der Waals surface area contributed by atoms with Crippen LogP contribution in [0.1, 0.15) is 22.3 Å². The molecule has 2 heterocycles. The monoisotopic (exact) mass is 864 g/mol. The van der Waals surface area contributed by atoms with Crippen molar-refractivity contribution in [3.05, 3.63) is 265 Å². The van der Waals surface area contributed by atoms with Gasteiger partial charge in [0, 0.05) is 27.5 Å². The maximum Gasteiger partial charge on any atom is 0.166 e. The summed E-state index contributed by atoms with van der Waals surface area (Å²) >= 11 is 0. The Morgan fingerprint density at radius 1 is 0.265 bits per heavy atom. The van der Waals surface area contributed by atoms with E-state index in [0.29, 0.717) is 17.5 Å². The molecule has 0 N–H and O–H groups in total. The minimum absolute atomic E-state index is 0.419. The van der Waals surface area contributed by atoms with Crippen LogP contribution in [0.15, 0.2) is 243 Å². The number of fused-ring (bicyclic) bond motifs is 13. The summed E-state index contributed by atoms with van der Waals surface area (Å²) in [6.07, 6.45) is 0. The van der Waals surface area contributed by atoms with Gasteiger partial charge < -0.3 is 4.57 Å². The number of para-hydroxylation sites is 2. The van der Waals surface area contributed by atoms with Crippen molar-refractivity contribution in [2.45, 2.75) is 5.41 Å². The van der Waals surface area contributed by atoms with Crippen LogP contribution in [0.5, 0.6) is 0 Å². The van der Waals surface area contributed by atoms with Crippen LogP contribution in [0.25, 0.3) is 106 Å². The van der Waals surface area contributed by atoms with Crippen LogP contribution in [-0.2, 0) is 5.41 Å². The first-order valence-electron chi connectivity index (χ1n) is 23.3. The van der Waals surface area contributed by atoms with Crippen molar-refractivity contribution in [3.63, 3.8) is 0 Å². The number of rotatable bonds is 6. The number of hydrogen-bond acceptors (Lipinski definition) is 3. The molecule has 12 aromatic rings. The van der Waals surface area contributed by atoms with Crippen LogP contribution < -0.4 is 0 Å². The van der Waals surface area contributed by atoms with Gasteiger partial charge in [-0.05, 0) is 103 Å². The Kier molecular flexibility index (Phi) is 8.46. The first kappa shape index (κ1) is 38.3. The van der Waals surface area contributed by atoms with Gasteiger partial charge in [-0.3, -0.25) is 0 Å². The van der Waals surface area contributed by atoms with E-state index in [4.69, 9.17) is 15.0 Å². The van der Waals surface area contributed by atoms with Crippen LogP contribution in [-0.4, -0.2) is 19.5 Å². The summed E-state index contributed by atoms with van der Waals surface area (Å²) in [7, 11) is 0. The molecule has 316 valence electrons. The molecule has 0 aliphatic heterocycles. The van der Waals surface area contributed by atoms with Crippen molar-refractivity contribution in [2.75, 3.05) is 0 Å². The van der Waals surface area contributed by atoms with Gasteiger partial charge in [-0.2, -0.15) is 0 Å². The zero-order valence-electron chi connectivity index (χ0n) is 36.9. The molecule has 0 radical (unpaired) electrons. The number of benzene rings is 10. The molecule has 68 heavy (non-hydrogen) atoms. The molecule has 0 atom stereocenters. The summed E-state index contributed by atoms with van der Waals surface area (Å²) in [5.74, 6) is 1.85. The Morgan fingerprint density at radius 2 is 0.735 bits per heavy atom. The van der Waals surface area contributed by atoms with Gasteiger partial charge in [-0.1, -0.05) is 206 Å². The van der Waals surface area contributed by atoms with Gasteiger partial charge >= 0.3 is 0 Å². The minimum atomic E-state index is -0.419. The molecule has 0 amide bonds. The van der Waals surface area contributed by atoms with Crippen molar-refractivity contribution in [3.8, 4) is 84.4 Å². The van der Waals surface area contributed by atoms with E-state index in [-0.39, 0.29) is 0 Å². The normalized spacial score (nSPS) is 12.8. The van der Waals surface area contributed by atoms with E-state index in [2.05, 4.69) is 223 Å². The lowest BCUT2D eigenvalue weighted by atomic mass is 9.70. The fourth-order valence-corrected chi connectivity index (χ4v) is 11.4. The summed E-state index contributed by atoms with van der Waals surface area (Å²) in [6, 6.07) is 87.5. The van der Waals surface area contributed by atoms with Crippen molar-refractivity contribution < 1.29 is 0 Å². The molecule has 0 bridgehead atoms. The van der Waals surface area contributed by atoms with Gasteiger partial charge in [0.25, 0.3) is 0 Å². The third kappa shape index (κ3) is 5.64. The molecule has 4 nitrogen and oxygen atoms in total. The van der Waals surface area contributed by atoms with Crippen LogP contribution in [0.4, 0.5) is 0 Å². The zero-order chi connectivity index (χ0) is 44.8. The summed E-state index contributed by atoms with van der Waals surface area (Å²) in [4.78, 5) is 15.7. The molecule has 1 spiro atoms. The lowest BCUT2D eigenvalue weighted by molar-refractivity contribution is 0.794. The second-order valence-corrected chi connectivity index (χ2v) is 17.9. The van der Waals surface area contributed by atoms with Crippen molar-refractivity contribution >= 4 is 21.8 Å². The number of hydrogen-bond donors (Lipinski definition) is 0. The predicted molar refractivity (Wildman–Crippen MR) is 278 cm³/mol. The average Bonchev–Trinajstić information content (AvgIpc) is 4.02. The van der Waals surface area contributed by atoms with E-state index < -0.39 is 5.41 Å². The predicted octanol–water partition coefficient (Wildman–Crippen LogP) is 15.6. The van der Waals surface area contributed by atoms with Crippen LogP contribution in [0.3, 0.4) is 0 Å². The molecule has 10 aromatic carbocycles. The third-order valence-electron chi connectivity index (χ3n) is 14.3. The number of aromatic nitrogens is 4. The molecule has 0 saturated heterocycles. The maximum atomic E-state index is 5.31. The van der Waals surface area contributed by atoms with E-state index in [0.717, 1.165) is 50.1 Å². The van der Waals surface area contributed by atoms with Gasteiger partial charge in [-0.15, -0.1) is 0 Å². The molecule has 0 fully saturated rings. The summed E-state index contributed by atoms with van der Waals surface area (Å²) in [5, 5.41) is 2.37. The van der Waals surface area contributed by atoms with E-state index in [9.17, 15) is 0 Å². The van der Waals surface area contributed by atoms with Crippen LogP contribution in [0.2, 0.25) is 0 Å². The fraction of sp³-hybridized carbons (Fsp3) is 0.0156. The zero-order valence-corrected chi connectivity index (χ0v) is 36.9. The van der Waals surface area contributed by atoms with Crippen molar-refractivity contribution in [1.82, 2.24) is 19.5 Å². The second kappa shape index (κ2) is 15.0. The van der Waals surface area contributed by atoms with E-state index in [1.54, 1.807) is 0 Å². The molecule has 2 aliphatic rings. The molecule has 0 saturated carbocycles. The van der Waals surface area contributed by atoms with E-state index >= 15 is 0 Å². The summed E-state index contributed by atoms with van der Waals surface area (Å²) < 4.78 is 2.40. The van der Waals surface area contributed by atoms with Crippen LogP contribution in [0, 0.1) is 0 Å². The Balaban J connectivity index is 0.962. The summed E-state index contributed by atoms with van der Waals surface area (Å²) in [6.45, 7) is 0. The quantitative estimate of drug-likeness (QED) is 0.167. The van der Waals surface area contributed by atoms with Gasteiger partial charge in [-0.25, -0.2) is 15.0 Å². The van der Waals surface area contributed by atoms with Crippen LogP contribution >= 0.6 is 0 Å². The molecule has 2 aromatic heterocycles. The SMILES string of the molecule is c1ccc(-c2cccc(-c3nc(-c4ccccc4)nc(-c4ccccc4-n4c5ccccc5c5ccc(-c6ccc7c(c6)C6(c8ccccc8-c8ccccc86)c6ccccc6-7)cc54)n3)c2)cc1.